The van der Waals surface area contributed by atoms with Gasteiger partial charge in [0, 0.05) is 0 Å². The number of para-hydroxylation sites is 3. The average Bonchev–Trinajstić information content (AvgIpc) is 3.83. The van der Waals surface area contributed by atoms with Gasteiger partial charge in [0.2, 0.25) is 5.58 Å². The smallest absolute Gasteiger partial charge is 0.203 e. The largest absolute Gasteiger partial charge is 0.453 e. The van der Waals surface area contributed by atoms with Crippen molar-refractivity contribution in [1.82, 2.24) is 24.5 Å². The van der Waals surface area contributed by atoms with E-state index in [1.807, 2.05) is 18.2 Å². The van der Waals surface area contributed by atoms with Gasteiger partial charge in [-0.2, -0.15) is 0 Å². The van der Waals surface area contributed by atoms with Crippen LogP contribution >= 0.6 is 0 Å². The van der Waals surface area contributed by atoms with Crippen molar-refractivity contribution in [3.05, 3.63) is 78.8 Å². The van der Waals surface area contributed by atoms with Gasteiger partial charge in [-0.1, -0.05) is 58.0 Å². The second-order valence-corrected chi connectivity index (χ2v) is 11.5. The lowest BCUT2D eigenvalue weighted by Gasteiger charge is -2.22. The number of furan rings is 1. The molecule has 0 aliphatic rings. The third kappa shape index (κ3) is 3.16. The van der Waals surface area contributed by atoms with Crippen molar-refractivity contribution in [2.24, 2.45) is 0 Å². The Bertz CT molecular complexity index is 2510. The van der Waals surface area contributed by atoms with Gasteiger partial charge in [0.25, 0.3) is 0 Å². The number of imidazole rings is 1. The summed E-state index contributed by atoms with van der Waals surface area (Å²) in [5.41, 5.74) is 10.9. The average molecular weight is 568 g/mol. The van der Waals surface area contributed by atoms with Crippen molar-refractivity contribution in [2.75, 3.05) is 0 Å². The lowest BCUT2D eigenvalue weighted by atomic mass is 9.92. The Balaban J connectivity index is 1.50. The van der Waals surface area contributed by atoms with E-state index in [1.54, 1.807) is 0 Å². The van der Waals surface area contributed by atoms with Gasteiger partial charge >= 0.3 is 0 Å². The minimum atomic E-state index is 0.284. The Morgan fingerprint density at radius 1 is 0.651 bits per heavy atom. The molecule has 9 aromatic rings. The van der Waals surface area contributed by atoms with Crippen LogP contribution in [-0.2, 0) is 0 Å². The van der Waals surface area contributed by atoms with Gasteiger partial charge < -0.3 is 17.7 Å². The molecule has 9 rings (SSSR count). The van der Waals surface area contributed by atoms with E-state index in [0.29, 0.717) is 44.5 Å². The van der Waals surface area contributed by atoms with Gasteiger partial charge in [-0.15, -0.1) is 0 Å². The quantitative estimate of drug-likeness (QED) is 0.207. The first-order valence-corrected chi connectivity index (χ1v) is 14.3. The molecule has 5 aromatic heterocycles. The Hall–Kier alpha value is -5.44. The molecule has 9 heteroatoms. The number of hydrogen-bond acceptors (Lipinski definition) is 8. The van der Waals surface area contributed by atoms with Crippen LogP contribution in [0.5, 0.6) is 0 Å². The minimum absolute atomic E-state index is 0.284. The lowest BCUT2D eigenvalue weighted by molar-refractivity contribution is 0.571. The summed E-state index contributed by atoms with van der Waals surface area (Å²) < 4.78 is 26.5. The van der Waals surface area contributed by atoms with Crippen molar-refractivity contribution >= 4 is 66.3 Å². The van der Waals surface area contributed by atoms with Crippen molar-refractivity contribution in [1.29, 1.82) is 0 Å². The predicted molar refractivity (Wildman–Crippen MR) is 165 cm³/mol. The first-order chi connectivity index (χ1) is 21.0. The van der Waals surface area contributed by atoms with Crippen LogP contribution in [0, 0.1) is 0 Å². The summed E-state index contributed by atoms with van der Waals surface area (Å²) in [5, 5.41) is 1.51. The first-order valence-electron chi connectivity index (χ1n) is 14.3. The molecule has 210 valence electrons. The zero-order chi connectivity index (χ0) is 29.0. The van der Waals surface area contributed by atoms with Crippen molar-refractivity contribution in [3.63, 3.8) is 0 Å². The Labute approximate surface area is 243 Å². The normalized spacial score (nSPS) is 12.6. The molecule has 0 spiro atoms. The summed E-state index contributed by atoms with van der Waals surface area (Å²) >= 11 is 0. The maximum Gasteiger partial charge on any atom is 0.203 e. The fraction of sp³-hybridized carbons (Fsp3) is 0.176. The molecule has 43 heavy (non-hydrogen) atoms. The number of fused-ring (bicyclic) bond motifs is 11. The van der Waals surface area contributed by atoms with Crippen LogP contribution in [0.4, 0.5) is 0 Å². The van der Waals surface area contributed by atoms with Crippen LogP contribution in [0.25, 0.3) is 83.3 Å². The fourth-order valence-electron chi connectivity index (χ4n) is 6.50. The molecule has 0 unspecified atom stereocenters. The molecule has 0 fully saturated rings. The van der Waals surface area contributed by atoms with Crippen LogP contribution in [0.3, 0.4) is 0 Å². The SMILES string of the molecule is CC(C)c1cccc(C(C)C)c1-n1c(-c2cc3ocnc3c3c2oc2c4ncoc4c4ocnc4c23)nc2ccccc21. The van der Waals surface area contributed by atoms with Crippen molar-refractivity contribution in [3.8, 4) is 17.1 Å². The van der Waals surface area contributed by atoms with E-state index in [1.165, 1.54) is 30.3 Å². The molecule has 9 nitrogen and oxygen atoms in total. The molecule has 0 atom stereocenters. The molecule has 0 saturated heterocycles. The Kier molecular flexibility index (Phi) is 4.81. The standard InChI is InChI=1S/C34H25N5O4/c1-16(2)18-8-7-9-19(17(3)4)29(18)39-22-11-6-5-10-21(22)38-34(39)20-12-23-26(35-13-40-23)24-25-27-32(41-14-36-27)33-28(37-15-42-33)31(25)43-30(20)24/h5-17H,1-4H3. The number of oxazole rings is 3. The van der Waals surface area contributed by atoms with E-state index in [2.05, 4.69) is 77.5 Å². The van der Waals surface area contributed by atoms with Gasteiger partial charge in [-0.25, -0.2) is 19.9 Å². The molecule has 0 N–H and O–H groups in total. The van der Waals surface area contributed by atoms with Gasteiger partial charge in [0.1, 0.15) is 22.4 Å². The topological polar surface area (TPSA) is 109 Å². The van der Waals surface area contributed by atoms with Crippen LogP contribution in [0.1, 0.15) is 50.7 Å². The van der Waals surface area contributed by atoms with E-state index in [-0.39, 0.29) is 11.8 Å². The molecule has 0 aliphatic heterocycles. The molecule has 5 heterocycles. The maximum atomic E-state index is 6.77. The molecule has 0 amide bonds. The number of rotatable bonds is 4. The molecule has 0 aliphatic carbocycles. The lowest BCUT2D eigenvalue weighted by Crippen LogP contribution is -2.08. The highest BCUT2D eigenvalue weighted by Crippen LogP contribution is 2.46. The molecule has 4 aromatic carbocycles. The molecular weight excluding hydrogens is 542 g/mol. The first kappa shape index (κ1) is 24.2. The van der Waals surface area contributed by atoms with E-state index < -0.39 is 0 Å². The van der Waals surface area contributed by atoms with Crippen LogP contribution in [-0.4, -0.2) is 24.5 Å². The van der Waals surface area contributed by atoms with Crippen LogP contribution < -0.4 is 0 Å². The van der Waals surface area contributed by atoms with E-state index >= 15 is 0 Å². The predicted octanol–water partition coefficient (Wildman–Crippen LogP) is 9.26. The highest BCUT2D eigenvalue weighted by Gasteiger charge is 2.29. The van der Waals surface area contributed by atoms with Gasteiger partial charge in [-0.05, 0) is 41.2 Å². The minimum Gasteiger partial charge on any atom is -0.453 e. The van der Waals surface area contributed by atoms with E-state index in [4.69, 9.17) is 22.7 Å². The summed E-state index contributed by atoms with van der Waals surface area (Å²) in [6, 6.07) is 16.8. The fourth-order valence-corrected chi connectivity index (χ4v) is 6.50. The van der Waals surface area contributed by atoms with Crippen molar-refractivity contribution in [2.45, 2.75) is 39.5 Å². The van der Waals surface area contributed by atoms with E-state index in [0.717, 1.165) is 38.9 Å². The molecule has 0 bridgehead atoms. The van der Waals surface area contributed by atoms with E-state index in [9.17, 15) is 0 Å². The summed E-state index contributed by atoms with van der Waals surface area (Å²) in [7, 11) is 0. The van der Waals surface area contributed by atoms with Gasteiger partial charge in [-0.3, -0.25) is 4.57 Å². The van der Waals surface area contributed by atoms with Crippen LogP contribution in [0.2, 0.25) is 0 Å². The van der Waals surface area contributed by atoms with Crippen molar-refractivity contribution < 1.29 is 17.7 Å². The van der Waals surface area contributed by atoms with Gasteiger partial charge in [0.15, 0.2) is 41.4 Å². The zero-order valence-corrected chi connectivity index (χ0v) is 23.9. The molecular formula is C34H25N5O4. The Morgan fingerprint density at radius 3 is 2.07 bits per heavy atom. The summed E-state index contributed by atoms with van der Waals surface area (Å²) in [5.74, 6) is 1.31. The Morgan fingerprint density at radius 2 is 1.30 bits per heavy atom. The summed E-state index contributed by atoms with van der Waals surface area (Å²) in [4.78, 5) is 18.9. The molecule has 0 saturated carbocycles. The third-order valence-electron chi connectivity index (χ3n) is 8.42. The third-order valence-corrected chi connectivity index (χ3v) is 8.42. The number of hydrogen-bond donors (Lipinski definition) is 0. The monoisotopic (exact) mass is 567 g/mol. The maximum absolute atomic E-state index is 6.77. The second kappa shape index (κ2) is 8.54. The van der Waals surface area contributed by atoms with Gasteiger partial charge in [0.05, 0.1) is 33.1 Å². The zero-order valence-electron chi connectivity index (χ0n) is 23.9. The van der Waals surface area contributed by atoms with Crippen LogP contribution in [0.15, 0.2) is 85.4 Å². The number of benzene rings is 4. The summed E-state index contributed by atoms with van der Waals surface area (Å²) in [6.07, 6.45) is 4.25. The molecule has 0 radical (unpaired) electrons. The number of nitrogens with zero attached hydrogens (tertiary/aromatic N) is 5. The summed E-state index contributed by atoms with van der Waals surface area (Å²) in [6.45, 7) is 8.91. The highest BCUT2D eigenvalue weighted by atomic mass is 16.4. The number of aromatic nitrogens is 5. The highest BCUT2D eigenvalue weighted by molar-refractivity contribution is 6.31. The second-order valence-electron chi connectivity index (χ2n) is 11.5.